The highest BCUT2D eigenvalue weighted by Crippen LogP contribution is 2.22. The molecule has 2 aromatic rings. The number of halogens is 1. The number of amides is 1. The number of aryl methyl sites for hydroxylation is 1. The van der Waals surface area contributed by atoms with Crippen LogP contribution in [0.1, 0.15) is 21.5 Å². The fourth-order valence-corrected chi connectivity index (χ4v) is 2.39. The number of carbonyl (C=O) groups is 1. The van der Waals surface area contributed by atoms with Gasteiger partial charge in [0.2, 0.25) is 0 Å². The van der Waals surface area contributed by atoms with Gasteiger partial charge >= 0.3 is 0 Å². The number of nitrogens with one attached hydrogen (secondary N) is 1. The van der Waals surface area contributed by atoms with E-state index in [1.807, 2.05) is 31.2 Å². The molecule has 0 aliphatic heterocycles. The van der Waals surface area contributed by atoms with Crippen LogP contribution in [0, 0.1) is 6.92 Å². The Balaban J connectivity index is 2.35. The maximum Gasteiger partial charge on any atom is 0.255 e. The smallest absolute Gasteiger partial charge is 0.255 e. The van der Waals surface area contributed by atoms with Gasteiger partial charge in [0, 0.05) is 15.6 Å². The Kier molecular flexibility index (Phi) is 4.52. The van der Waals surface area contributed by atoms with Crippen LogP contribution in [-0.4, -0.2) is 10.9 Å². The molecule has 0 saturated heterocycles. The third kappa shape index (κ3) is 3.23. The van der Waals surface area contributed by atoms with Gasteiger partial charge in [-0.2, -0.15) is 0 Å². The van der Waals surface area contributed by atoms with E-state index in [0.717, 1.165) is 10.0 Å². The Labute approximate surface area is 131 Å². The van der Waals surface area contributed by atoms with Crippen LogP contribution < -0.4 is 11.1 Å². The molecule has 1 amide bonds. The van der Waals surface area contributed by atoms with Gasteiger partial charge in [0.25, 0.3) is 5.91 Å². The van der Waals surface area contributed by atoms with E-state index in [9.17, 15) is 4.79 Å². The number of rotatable bonds is 3. The molecule has 20 heavy (non-hydrogen) atoms. The van der Waals surface area contributed by atoms with Crippen LogP contribution in [-0.2, 0) is 0 Å². The van der Waals surface area contributed by atoms with Gasteiger partial charge in [-0.05, 0) is 36.8 Å². The molecule has 0 heterocycles. The zero-order valence-corrected chi connectivity index (χ0v) is 13.2. The molecule has 0 fully saturated rings. The number of hydrogen-bond acceptors (Lipinski definition) is 2. The maximum atomic E-state index is 12.3. The molecule has 102 valence electrons. The summed E-state index contributed by atoms with van der Waals surface area (Å²) in [6, 6.07) is 12.8. The van der Waals surface area contributed by atoms with Gasteiger partial charge in [-0.15, -0.1) is 0 Å². The molecular weight excluding hydrogens is 336 g/mol. The third-order valence-corrected chi connectivity index (χ3v) is 3.60. The predicted molar refractivity (Wildman–Crippen MR) is 89.2 cm³/mol. The summed E-state index contributed by atoms with van der Waals surface area (Å²) >= 11 is 8.37. The largest absolute Gasteiger partial charge is 0.389 e. The first kappa shape index (κ1) is 14.7. The van der Waals surface area contributed by atoms with Gasteiger partial charge < -0.3 is 11.1 Å². The van der Waals surface area contributed by atoms with Crippen molar-refractivity contribution >= 4 is 44.7 Å². The van der Waals surface area contributed by atoms with Gasteiger partial charge in [-0.1, -0.05) is 46.3 Å². The zero-order valence-electron chi connectivity index (χ0n) is 10.8. The molecule has 0 bridgehead atoms. The van der Waals surface area contributed by atoms with Gasteiger partial charge in [-0.25, -0.2) is 0 Å². The Morgan fingerprint density at radius 2 is 1.90 bits per heavy atom. The topological polar surface area (TPSA) is 55.1 Å². The minimum Gasteiger partial charge on any atom is -0.389 e. The summed E-state index contributed by atoms with van der Waals surface area (Å²) in [6.45, 7) is 1.89. The Morgan fingerprint density at radius 1 is 1.20 bits per heavy atom. The van der Waals surface area contributed by atoms with E-state index in [0.29, 0.717) is 16.8 Å². The SMILES string of the molecule is Cc1ccccc1C(=O)Nc1cc(Br)ccc1C(N)=S. The lowest BCUT2D eigenvalue weighted by Crippen LogP contribution is -2.18. The van der Waals surface area contributed by atoms with E-state index in [-0.39, 0.29) is 10.9 Å². The number of benzene rings is 2. The zero-order chi connectivity index (χ0) is 14.7. The molecule has 2 aromatic carbocycles. The van der Waals surface area contributed by atoms with Crippen molar-refractivity contribution in [2.45, 2.75) is 6.92 Å². The molecule has 0 unspecified atom stereocenters. The van der Waals surface area contributed by atoms with Crippen LogP contribution >= 0.6 is 28.1 Å². The van der Waals surface area contributed by atoms with E-state index in [1.54, 1.807) is 18.2 Å². The van der Waals surface area contributed by atoms with E-state index in [2.05, 4.69) is 21.2 Å². The lowest BCUT2D eigenvalue weighted by atomic mass is 10.1. The van der Waals surface area contributed by atoms with Crippen molar-refractivity contribution in [1.29, 1.82) is 0 Å². The quantitative estimate of drug-likeness (QED) is 0.832. The maximum absolute atomic E-state index is 12.3. The predicted octanol–water partition coefficient (Wildman–Crippen LogP) is 3.64. The molecule has 5 heteroatoms. The first-order valence-electron chi connectivity index (χ1n) is 5.95. The summed E-state index contributed by atoms with van der Waals surface area (Å²) < 4.78 is 0.845. The number of nitrogens with two attached hydrogens (primary N) is 1. The lowest BCUT2D eigenvalue weighted by Gasteiger charge is -2.12. The molecule has 0 spiro atoms. The molecule has 0 saturated carbocycles. The van der Waals surface area contributed by atoms with Crippen LogP contribution in [0.15, 0.2) is 46.9 Å². The van der Waals surface area contributed by atoms with Gasteiger partial charge in [0.05, 0.1) is 5.69 Å². The van der Waals surface area contributed by atoms with E-state index in [1.165, 1.54) is 0 Å². The van der Waals surface area contributed by atoms with Crippen LogP contribution in [0.5, 0.6) is 0 Å². The van der Waals surface area contributed by atoms with Crippen molar-refractivity contribution in [3.63, 3.8) is 0 Å². The number of anilines is 1. The lowest BCUT2D eigenvalue weighted by molar-refractivity contribution is 0.102. The van der Waals surface area contributed by atoms with Gasteiger partial charge in [-0.3, -0.25) is 4.79 Å². The molecule has 0 aromatic heterocycles. The number of hydrogen-bond donors (Lipinski definition) is 2. The van der Waals surface area contributed by atoms with E-state index >= 15 is 0 Å². The first-order valence-corrected chi connectivity index (χ1v) is 7.15. The summed E-state index contributed by atoms with van der Waals surface area (Å²) in [5.41, 5.74) is 8.45. The number of carbonyl (C=O) groups excluding carboxylic acids is 1. The molecular formula is C15H13BrN2OS. The third-order valence-electron chi connectivity index (χ3n) is 2.88. The monoisotopic (exact) mass is 348 g/mol. The van der Waals surface area contributed by atoms with Crippen LogP contribution in [0.25, 0.3) is 0 Å². The molecule has 2 rings (SSSR count). The highest BCUT2D eigenvalue weighted by Gasteiger charge is 2.12. The van der Waals surface area contributed by atoms with Crippen molar-refractivity contribution in [2.24, 2.45) is 5.73 Å². The standard InChI is InChI=1S/C15H13BrN2OS/c1-9-4-2-3-5-11(9)15(19)18-13-8-10(16)6-7-12(13)14(17)20/h2-8H,1H3,(H2,17,20)(H,18,19). The molecule has 3 N–H and O–H groups in total. The Morgan fingerprint density at radius 3 is 2.55 bits per heavy atom. The highest BCUT2D eigenvalue weighted by molar-refractivity contribution is 9.10. The molecule has 0 aliphatic rings. The van der Waals surface area contributed by atoms with Crippen LogP contribution in [0.4, 0.5) is 5.69 Å². The highest BCUT2D eigenvalue weighted by atomic mass is 79.9. The molecule has 0 atom stereocenters. The summed E-state index contributed by atoms with van der Waals surface area (Å²) in [6.07, 6.45) is 0. The van der Waals surface area contributed by atoms with Crippen LogP contribution in [0.2, 0.25) is 0 Å². The van der Waals surface area contributed by atoms with Crippen molar-refractivity contribution in [1.82, 2.24) is 0 Å². The van der Waals surface area contributed by atoms with Crippen molar-refractivity contribution in [2.75, 3.05) is 5.32 Å². The minimum atomic E-state index is -0.182. The average molecular weight is 349 g/mol. The Hall–Kier alpha value is -1.72. The normalized spacial score (nSPS) is 10.1. The van der Waals surface area contributed by atoms with E-state index in [4.69, 9.17) is 18.0 Å². The van der Waals surface area contributed by atoms with Crippen molar-refractivity contribution < 1.29 is 4.79 Å². The second kappa shape index (κ2) is 6.15. The minimum absolute atomic E-state index is 0.182. The van der Waals surface area contributed by atoms with Crippen molar-refractivity contribution in [3.8, 4) is 0 Å². The Bertz CT molecular complexity index is 685. The summed E-state index contributed by atoms with van der Waals surface area (Å²) in [4.78, 5) is 12.6. The van der Waals surface area contributed by atoms with Gasteiger partial charge in [0.15, 0.2) is 0 Å². The fraction of sp³-hybridized carbons (Fsp3) is 0.0667. The molecule has 0 aliphatic carbocycles. The summed E-state index contributed by atoms with van der Waals surface area (Å²) in [7, 11) is 0. The fourth-order valence-electron chi connectivity index (χ4n) is 1.85. The molecule has 3 nitrogen and oxygen atoms in total. The van der Waals surface area contributed by atoms with Crippen LogP contribution in [0.3, 0.4) is 0 Å². The average Bonchev–Trinajstić information content (AvgIpc) is 2.38. The number of thiocarbonyl (C=S) groups is 1. The molecule has 0 radical (unpaired) electrons. The van der Waals surface area contributed by atoms with Crippen molar-refractivity contribution in [3.05, 3.63) is 63.6 Å². The first-order chi connectivity index (χ1) is 9.49. The van der Waals surface area contributed by atoms with Gasteiger partial charge in [0.1, 0.15) is 4.99 Å². The summed E-state index contributed by atoms with van der Waals surface area (Å²) in [5, 5.41) is 2.85. The second-order valence-corrected chi connectivity index (χ2v) is 5.68. The van der Waals surface area contributed by atoms with E-state index < -0.39 is 0 Å². The summed E-state index contributed by atoms with van der Waals surface area (Å²) in [5.74, 6) is -0.182. The second-order valence-electron chi connectivity index (χ2n) is 4.32.